The molecule has 0 saturated heterocycles. The normalized spacial score (nSPS) is 15.9. The Morgan fingerprint density at radius 2 is 2.35 bits per heavy atom. The van der Waals surface area contributed by atoms with E-state index in [2.05, 4.69) is 28.1 Å². The first-order valence-electron chi connectivity index (χ1n) is 7.28. The van der Waals surface area contributed by atoms with Crippen molar-refractivity contribution in [3.63, 3.8) is 0 Å². The Balaban J connectivity index is 1.56. The van der Waals surface area contributed by atoms with Gasteiger partial charge in [-0.2, -0.15) is 5.10 Å². The maximum Gasteiger partial charge on any atom is 0.0931 e. The summed E-state index contributed by atoms with van der Waals surface area (Å²) >= 11 is 7.64. The standard InChI is InChI=1S/C15H20ClN3S/c1-11(5-6-12-7-8-15(16)20-12)18-13-10-17-19-9-3-2-4-14(13)19/h7-8,10-11,18H,2-6,9H2,1H3. The molecule has 1 aliphatic heterocycles. The van der Waals surface area contributed by atoms with Gasteiger partial charge in [0.15, 0.2) is 0 Å². The van der Waals surface area contributed by atoms with Crippen molar-refractivity contribution < 1.29 is 0 Å². The van der Waals surface area contributed by atoms with Crippen molar-refractivity contribution in [3.05, 3.63) is 33.2 Å². The third-order valence-electron chi connectivity index (χ3n) is 3.84. The van der Waals surface area contributed by atoms with Crippen molar-refractivity contribution in [2.45, 2.75) is 51.6 Å². The van der Waals surface area contributed by atoms with Gasteiger partial charge in [-0.1, -0.05) is 11.6 Å². The molecule has 0 aromatic carbocycles. The number of nitrogens with zero attached hydrogens (tertiary/aromatic N) is 2. The molecule has 3 rings (SSSR count). The smallest absolute Gasteiger partial charge is 0.0931 e. The summed E-state index contributed by atoms with van der Waals surface area (Å²) in [6, 6.07) is 4.56. The van der Waals surface area contributed by atoms with Crippen molar-refractivity contribution in [1.82, 2.24) is 9.78 Å². The fourth-order valence-electron chi connectivity index (χ4n) is 2.72. The average molecular weight is 310 g/mol. The Hall–Kier alpha value is -1.00. The van der Waals surface area contributed by atoms with E-state index in [0.717, 1.165) is 30.1 Å². The maximum atomic E-state index is 5.96. The zero-order valence-electron chi connectivity index (χ0n) is 11.7. The number of hydrogen-bond acceptors (Lipinski definition) is 3. The predicted molar refractivity (Wildman–Crippen MR) is 85.9 cm³/mol. The highest BCUT2D eigenvalue weighted by Gasteiger charge is 2.15. The molecule has 108 valence electrons. The minimum atomic E-state index is 0.451. The molecule has 1 unspecified atom stereocenters. The molecular formula is C15H20ClN3S. The number of rotatable bonds is 5. The van der Waals surface area contributed by atoms with Gasteiger partial charge in [-0.25, -0.2) is 0 Å². The van der Waals surface area contributed by atoms with Gasteiger partial charge < -0.3 is 5.32 Å². The SMILES string of the molecule is CC(CCc1ccc(Cl)s1)Nc1cnn2c1CCCC2. The van der Waals surface area contributed by atoms with E-state index < -0.39 is 0 Å². The van der Waals surface area contributed by atoms with Gasteiger partial charge in [-0.3, -0.25) is 4.68 Å². The van der Waals surface area contributed by atoms with Crippen LogP contribution in [0.25, 0.3) is 0 Å². The van der Waals surface area contributed by atoms with Crippen molar-refractivity contribution >= 4 is 28.6 Å². The van der Waals surface area contributed by atoms with E-state index >= 15 is 0 Å². The summed E-state index contributed by atoms with van der Waals surface area (Å²) in [6.45, 7) is 3.31. The van der Waals surface area contributed by atoms with E-state index in [-0.39, 0.29) is 0 Å². The van der Waals surface area contributed by atoms with Crippen molar-refractivity contribution in [1.29, 1.82) is 0 Å². The van der Waals surface area contributed by atoms with Gasteiger partial charge >= 0.3 is 0 Å². The molecule has 2 aromatic heterocycles. The van der Waals surface area contributed by atoms with E-state index in [1.165, 1.54) is 29.1 Å². The number of aromatic nitrogens is 2. The van der Waals surface area contributed by atoms with Crippen LogP contribution in [-0.2, 0) is 19.4 Å². The molecule has 0 fully saturated rings. The van der Waals surface area contributed by atoms with Crippen molar-refractivity contribution in [3.8, 4) is 0 Å². The second-order valence-corrected chi connectivity index (χ2v) is 7.27. The zero-order chi connectivity index (χ0) is 13.9. The molecule has 1 N–H and O–H groups in total. The fourth-order valence-corrected chi connectivity index (χ4v) is 3.83. The highest BCUT2D eigenvalue weighted by atomic mass is 35.5. The van der Waals surface area contributed by atoms with Crippen LogP contribution in [0.2, 0.25) is 4.34 Å². The second kappa shape index (κ2) is 6.19. The highest BCUT2D eigenvalue weighted by Crippen LogP contribution is 2.25. The number of aryl methyl sites for hydroxylation is 2. The lowest BCUT2D eigenvalue weighted by atomic mass is 10.1. The van der Waals surface area contributed by atoms with Gasteiger partial charge in [0.25, 0.3) is 0 Å². The van der Waals surface area contributed by atoms with E-state index in [9.17, 15) is 0 Å². The van der Waals surface area contributed by atoms with Crippen LogP contribution >= 0.6 is 22.9 Å². The Morgan fingerprint density at radius 1 is 1.45 bits per heavy atom. The molecular weight excluding hydrogens is 290 g/mol. The summed E-state index contributed by atoms with van der Waals surface area (Å²) in [5.41, 5.74) is 2.60. The van der Waals surface area contributed by atoms with Gasteiger partial charge in [0, 0.05) is 17.5 Å². The van der Waals surface area contributed by atoms with Gasteiger partial charge in [0.05, 0.1) is 21.9 Å². The molecule has 0 bridgehead atoms. The number of hydrogen-bond donors (Lipinski definition) is 1. The monoisotopic (exact) mass is 309 g/mol. The Morgan fingerprint density at radius 3 is 3.15 bits per heavy atom. The summed E-state index contributed by atoms with van der Waals surface area (Å²) in [5.74, 6) is 0. The van der Waals surface area contributed by atoms with E-state index in [1.54, 1.807) is 11.3 Å². The first-order valence-corrected chi connectivity index (χ1v) is 8.47. The largest absolute Gasteiger partial charge is 0.380 e. The van der Waals surface area contributed by atoms with E-state index in [1.807, 2.05) is 12.3 Å². The molecule has 0 aliphatic carbocycles. The lowest BCUT2D eigenvalue weighted by Crippen LogP contribution is -2.18. The number of nitrogens with one attached hydrogen (secondary N) is 1. The summed E-state index contributed by atoms with van der Waals surface area (Å²) in [4.78, 5) is 1.36. The lowest BCUT2D eigenvalue weighted by Gasteiger charge is -2.18. The average Bonchev–Trinajstić information content (AvgIpc) is 3.04. The highest BCUT2D eigenvalue weighted by molar-refractivity contribution is 7.16. The van der Waals surface area contributed by atoms with Crippen LogP contribution in [0.5, 0.6) is 0 Å². The summed E-state index contributed by atoms with van der Waals surface area (Å²) in [6.07, 6.45) is 7.86. The molecule has 0 amide bonds. The zero-order valence-corrected chi connectivity index (χ0v) is 13.3. The molecule has 1 atom stereocenters. The van der Waals surface area contributed by atoms with Crippen LogP contribution in [0.3, 0.4) is 0 Å². The number of halogens is 1. The molecule has 3 heterocycles. The number of thiophene rings is 1. The third kappa shape index (κ3) is 3.18. The molecule has 0 radical (unpaired) electrons. The molecule has 3 nitrogen and oxygen atoms in total. The van der Waals surface area contributed by atoms with Crippen LogP contribution in [0, 0.1) is 0 Å². The Kier molecular flexibility index (Phi) is 4.32. The molecule has 0 saturated carbocycles. The minimum Gasteiger partial charge on any atom is -0.380 e. The first-order chi connectivity index (χ1) is 9.72. The lowest BCUT2D eigenvalue weighted by molar-refractivity contribution is 0.486. The summed E-state index contributed by atoms with van der Waals surface area (Å²) in [7, 11) is 0. The quantitative estimate of drug-likeness (QED) is 0.889. The van der Waals surface area contributed by atoms with Crippen molar-refractivity contribution in [2.75, 3.05) is 5.32 Å². The maximum absolute atomic E-state index is 5.96. The van der Waals surface area contributed by atoms with E-state index in [4.69, 9.17) is 11.6 Å². The van der Waals surface area contributed by atoms with Gasteiger partial charge in [0.1, 0.15) is 0 Å². The van der Waals surface area contributed by atoms with Crippen LogP contribution in [0.4, 0.5) is 5.69 Å². The molecule has 2 aromatic rings. The van der Waals surface area contributed by atoms with Gasteiger partial charge in [-0.15, -0.1) is 11.3 Å². The summed E-state index contributed by atoms with van der Waals surface area (Å²) in [5, 5.41) is 8.09. The van der Waals surface area contributed by atoms with Gasteiger partial charge in [-0.05, 0) is 51.2 Å². The molecule has 5 heteroatoms. The number of fused-ring (bicyclic) bond motifs is 1. The first kappa shape index (κ1) is 14.0. The Labute approximate surface area is 129 Å². The van der Waals surface area contributed by atoms with Gasteiger partial charge in [0.2, 0.25) is 0 Å². The summed E-state index contributed by atoms with van der Waals surface area (Å²) < 4.78 is 3.03. The van der Waals surface area contributed by atoms with E-state index in [0.29, 0.717) is 6.04 Å². The Bertz CT molecular complexity index is 575. The van der Waals surface area contributed by atoms with Crippen LogP contribution in [0.15, 0.2) is 18.3 Å². The minimum absolute atomic E-state index is 0.451. The van der Waals surface area contributed by atoms with Crippen LogP contribution in [0.1, 0.15) is 36.8 Å². The third-order valence-corrected chi connectivity index (χ3v) is 5.13. The fraction of sp³-hybridized carbons (Fsp3) is 0.533. The molecule has 20 heavy (non-hydrogen) atoms. The molecule has 0 spiro atoms. The second-order valence-electron chi connectivity index (χ2n) is 5.48. The van der Waals surface area contributed by atoms with Crippen LogP contribution in [-0.4, -0.2) is 15.8 Å². The topological polar surface area (TPSA) is 29.9 Å². The van der Waals surface area contributed by atoms with Crippen molar-refractivity contribution in [2.24, 2.45) is 0 Å². The predicted octanol–water partition coefficient (Wildman–Crippen LogP) is 4.37. The molecule has 1 aliphatic rings. The van der Waals surface area contributed by atoms with Crippen LogP contribution < -0.4 is 5.32 Å². The number of anilines is 1.